The number of nitrogens with two attached hydrogens (primary N) is 1. The molecule has 4 rings (SSSR count). The maximum atomic E-state index is 12.7. The predicted molar refractivity (Wildman–Crippen MR) is 82.2 cm³/mol. The molecule has 3 heterocycles. The third-order valence-corrected chi connectivity index (χ3v) is 4.37. The number of aromatic amines is 1. The van der Waals surface area contributed by atoms with Crippen LogP contribution in [0, 0.1) is 0 Å². The molecule has 21 heavy (non-hydrogen) atoms. The minimum Gasteiger partial charge on any atom is -0.397 e. The largest absolute Gasteiger partial charge is 0.397 e. The Hall–Kier alpha value is -2.37. The van der Waals surface area contributed by atoms with Crippen molar-refractivity contribution in [2.45, 2.75) is 38.1 Å². The van der Waals surface area contributed by atoms with E-state index in [1.165, 1.54) is 19.3 Å². The Morgan fingerprint density at radius 1 is 1.24 bits per heavy atom. The van der Waals surface area contributed by atoms with E-state index in [2.05, 4.69) is 15.0 Å². The van der Waals surface area contributed by atoms with E-state index in [-0.39, 0.29) is 11.6 Å². The van der Waals surface area contributed by atoms with Gasteiger partial charge in [0, 0.05) is 11.4 Å². The summed E-state index contributed by atoms with van der Waals surface area (Å²) in [6.45, 7) is 0. The van der Waals surface area contributed by atoms with Crippen LogP contribution in [0.4, 0.5) is 5.69 Å². The normalized spacial score (nSPS) is 16.8. The van der Waals surface area contributed by atoms with E-state index in [0.717, 1.165) is 18.2 Å². The van der Waals surface area contributed by atoms with Crippen LogP contribution in [-0.4, -0.2) is 19.5 Å². The fourth-order valence-electron chi connectivity index (χ4n) is 3.28. The number of aromatic nitrogens is 4. The summed E-state index contributed by atoms with van der Waals surface area (Å²) in [6.07, 6.45) is 8.99. The maximum Gasteiger partial charge on any atom is 0.277 e. The molecule has 0 amide bonds. The van der Waals surface area contributed by atoms with Gasteiger partial charge in [-0.25, -0.2) is 9.97 Å². The summed E-state index contributed by atoms with van der Waals surface area (Å²) >= 11 is 0. The summed E-state index contributed by atoms with van der Waals surface area (Å²) in [5, 5.41) is 0.804. The molecule has 0 unspecified atom stereocenters. The van der Waals surface area contributed by atoms with Gasteiger partial charge >= 0.3 is 0 Å². The highest BCUT2D eigenvalue weighted by Gasteiger charge is 2.19. The highest BCUT2D eigenvalue weighted by atomic mass is 16.1. The van der Waals surface area contributed by atoms with Crippen molar-refractivity contribution < 1.29 is 0 Å². The Kier molecular flexibility index (Phi) is 2.70. The molecule has 0 atom stereocenters. The van der Waals surface area contributed by atoms with E-state index in [1.807, 2.05) is 0 Å². The molecule has 1 fully saturated rings. The Morgan fingerprint density at radius 2 is 2.05 bits per heavy atom. The van der Waals surface area contributed by atoms with Crippen LogP contribution in [0.25, 0.3) is 22.1 Å². The summed E-state index contributed by atoms with van der Waals surface area (Å²) in [5.74, 6) is 0. The zero-order valence-corrected chi connectivity index (χ0v) is 11.7. The van der Waals surface area contributed by atoms with Gasteiger partial charge in [-0.1, -0.05) is 19.3 Å². The van der Waals surface area contributed by atoms with Crippen LogP contribution in [0.15, 0.2) is 23.4 Å². The van der Waals surface area contributed by atoms with Gasteiger partial charge in [0.15, 0.2) is 0 Å². The second-order valence-corrected chi connectivity index (χ2v) is 5.76. The topological polar surface area (TPSA) is 89.6 Å². The van der Waals surface area contributed by atoms with Crippen LogP contribution in [0.5, 0.6) is 0 Å². The number of nitrogens with zero attached hydrogens (tertiary/aromatic N) is 3. The van der Waals surface area contributed by atoms with Crippen molar-refractivity contribution in [3.63, 3.8) is 0 Å². The fraction of sp³-hybridized carbons (Fsp3) is 0.400. The molecule has 3 N–H and O–H groups in total. The number of rotatable bonds is 1. The minimum atomic E-state index is -0.0107. The third kappa shape index (κ3) is 1.90. The van der Waals surface area contributed by atoms with Gasteiger partial charge in [0.1, 0.15) is 16.7 Å². The molecule has 1 aliphatic rings. The van der Waals surface area contributed by atoms with Gasteiger partial charge in [0.2, 0.25) is 0 Å². The molecular weight excluding hydrogens is 266 g/mol. The first-order valence-corrected chi connectivity index (χ1v) is 7.38. The molecule has 6 heteroatoms. The van der Waals surface area contributed by atoms with Crippen LogP contribution in [0.2, 0.25) is 0 Å². The van der Waals surface area contributed by atoms with E-state index in [0.29, 0.717) is 22.4 Å². The summed E-state index contributed by atoms with van der Waals surface area (Å²) < 4.78 is 1.78. The first-order chi connectivity index (χ1) is 10.2. The van der Waals surface area contributed by atoms with E-state index in [1.54, 1.807) is 23.2 Å². The Balaban J connectivity index is 1.94. The average molecular weight is 283 g/mol. The van der Waals surface area contributed by atoms with Gasteiger partial charge in [-0.15, -0.1) is 0 Å². The summed E-state index contributed by atoms with van der Waals surface area (Å²) in [5.41, 5.74) is 8.17. The first-order valence-electron chi connectivity index (χ1n) is 7.38. The van der Waals surface area contributed by atoms with Gasteiger partial charge in [0.05, 0.1) is 18.2 Å². The van der Waals surface area contributed by atoms with Crippen LogP contribution in [0.1, 0.15) is 38.1 Å². The molecule has 0 aliphatic heterocycles. The van der Waals surface area contributed by atoms with Gasteiger partial charge < -0.3 is 10.7 Å². The van der Waals surface area contributed by atoms with E-state index in [9.17, 15) is 4.79 Å². The lowest BCUT2D eigenvalue weighted by Crippen LogP contribution is -2.26. The monoisotopic (exact) mass is 283 g/mol. The Bertz CT molecular complexity index is 873. The lowest BCUT2D eigenvalue weighted by atomic mass is 9.95. The lowest BCUT2D eigenvalue weighted by Gasteiger charge is -2.23. The molecule has 0 spiro atoms. The van der Waals surface area contributed by atoms with Gasteiger partial charge in [-0.3, -0.25) is 9.36 Å². The number of hydrogen-bond acceptors (Lipinski definition) is 4. The second kappa shape index (κ2) is 4.58. The van der Waals surface area contributed by atoms with Crippen molar-refractivity contribution in [1.29, 1.82) is 0 Å². The highest BCUT2D eigenvalue weighted by Crippen LogP contribution is 2.28. The quantitative estimate of drug-likeness (QED) is 0.717. The van der Waals surface area contributed by atoms with Crippen LogP contribution >= 0.6 is 0 Å². The number of hydrogen-bond donors (Lipinski definition) is 2. The summed E-state index contributed by atoms with van der Waals surface area (Å²) in [6, 6.07) is 2.08. The zero-order valence-electron chi connectivity index (χ0n) is 11.7. The SMILES string of the molecule is Nc1cnc2[nH]c3c(=O)n(C4CCCCC4)cnc3c2c1. The van der Waals surface area contributed by atoms with E-state index < -0.39 is 0 Å². The zero-order chi connectivity index (χ0) is 14.4. The number of fused-ring (bicyclic) bond motifs is 3. The molecular formula is C15H17N5O. The molecule has 3 aromatic heterocycles. The molecule has 3 aromatic rings. The predicted octanol–water partition coefficient (Wildman–Crippen LogP) is 2.36. The molecule has 0 aromatic carbocycles. The molecule has 6 nitrogen and oxygen atoms in total. The molecule has 1 aliphatic carbocycles. The van der Waals surface area contributed by atoms with Crippen LogP contribution in [-0.2, 0) is 0 Å². The smallest absolute Gasteiger partial charge is 0.277 e. The van der Waals surface area contributed by atoms with Gasteiger partial charge in [-0.05, 0) is 18.9 Å². The van der Waals surface area contributed by atoms with Crippen LogP contribution < -0.4 is 11.3 Å². The molecule has 0 bridgehead atoms. The van der Waals surface area contributed by atoms with Gasteiger partial charge in [-0.2, -0.15) is 0 Å². The number of nitrogen functional groups attached to an aromatic ring is 1. The van der Waals surface area contributed by atoms with Crippen LogP contribution in [0.3, 0.4) is 0 Å². The molecule has 0 saturated heterocycles. The number of H-pyrrole nitrogens is 1. The standard InChI is InChI=1S/C15H17N5O/c16-9-6-11-12-13(19-14(11)17-7-9)15(21)20(8-18-12)10-4-2-1-3-5-10/h6-8,10H,1-5,16H2,(H,17,19). The molecule has 108 valence electrons. The number of anilines is 1. The fourth-order valence-corrected chi connectivity index (χ4v) is 3.28. The number of pyridine rings is 1. The average Bonchev–Trinajstić information content (AvgIpc) is 2.87. The molecule has 1 saturated carbocycles. The van der Waals surface area contributed by atoms with Crippen molar-refractivity contribution in [3.8, 4) is 0 Å². The van der Waals surface area contributed by atoms with Crippen molar-refractivity contribution in [2.24, 2.45) is 0 Å². The minimum absolute atomic E-state index is 0.0107. The van der Waals surface area contributed by atoms with E-state index >= 15 is 0 Å². The van der Waals surface area contributed by atoms with Crippen molar-refractivity contribution in [1.82, 2.24) is 19.5 Å². The second-order valence-electron chi connectivity index (χ2n) is 5.76. The highest BCUT2D eigenvalue weighted by molar-refractivity contribution is 6.03. The van der Waals surface area contributed by atoms with Gasteiger partial charge in [0.25, 0.3) is 5.56 Å². The molecule has 0 radical (unpaired) electrons. The maximum absolute atomic E-state index is 12.7. The summed E-state index contributed by atoms with van der Waals surface area (Å²) in [7, 11) is 0. The number of nitrogens with one attached hydrogen (secondary N) is 1. The Labute approximate surface area is 121 Å². The van der Waals surface area contributed by atoms with Crippen molar-refractivity contribution in [3.05, 3.63) is 28.9 Å². The first kappa shape index (κ1) is 12.4. The third-order valence-electron chi connectivity index (χ3n) is 4.37. The Morgan fingerprint density at radius 3 is 2.86 bits per heavy atom. The van der Waals surface area contributed by atoms with Crippen molar-refractivity contribution >= 4 is 27.8 Å². The lowest BCUT2D eigenvalue weighted by molar-refractivity contribution is 0.345. The summed E-state index contributed by atoms with van der Waals surface area (Å²) in [4.78, 5) is 24.5. The van der Waals surface area contributed by atoms with Crippen molar-refractivity contribution in [2.75, 3.05) is 5.73 Å². The van der Waals surface area contributed by atoms with E-state index in [4.69, 9.17) is 5.73 Å².